The molecule has 1 unspecified atom stereocenters. The molecule has 0 aliphatic carbocycles. The van der Waals surface area contributed by atoms with Crippen molar-refractivity contribution in [2.75, 3.05) is 32.8 Å². The Hall–Kier alpha value is -2.33. The third-order valence-corrected chi connectivity index (χ3v) is 7.05. The number of nitrogens with one attached hydrogen (secondary N) is 1. The van der Waals surface area contributed by atoms with Crippen molar-refractivity contribution in [3.05, 3.63) is 29.8 Å². The molecule has 0 bridgehead atoms. The van der Waals surface area contributed by atoms with E-state index in [9.17, 15) is 18.0 Å². The molecule has 7 nitrogen and oxygen atoms in total. The van der Waals surface area contributed by atoms with Crippen molar-refractivity contribution >= 4 is 11.9 Å². The maximum Gasteiger partial charge on any atom is 0.490 e. The molecule has 1 aromatic rings. The zero-order valence-corrected chi connectivity index (χ0v) is 21.0. The maximum absolute atomic E-state index is 12.5. The van der Waals surface area contributed by atoms with Gasteiger partial charge in [0.15, 0.2) is 0 Å². The van der Waals surface area contributed by atoms with Crippen LogP contribution in [0.5, 0.6) is 5.75 Å². The van der Waals surface area contributed by atoms with Crippen molar-refractivity contribution in [2.24, 2.45) is 5.92 Å². The molecule has 3 aliphatic heterocycles. The molecule has 1 aromatic carbocycles. The fourth-order valence-electron chi connectivity index (χ4n) is 5.27. The molecule has 0 radical (unpaired) electrons. The Morgan fingerprint density at radius 3 is 2.36 bits per heavy atom. The first kappa shape index (κ1) is 28.2. The fourth-order valence-corrected chi connectivity index (χ4v) is 5.27. The predicted molar refractivity (Wildman–Crippen MR) is 128 cm³/mol. The number of hydrogen-bond donors (Lipinski definition) is 2. The van der Waals surface area contributed by atoms with Crippen molar-refractivity contribution in [2.45, 2.75) is 76.1 Å². The number of hydrogen-bond acceptors (Lipinski definition) is 5. The second-order valence-electron chi connectivity index (χ2n) is 10.3. The number of piperidine rings is 1. The average molecular weight is 515 g/mol. The van der Waals surface area contributed by atoms with Gasteiger partial charge in [-0.3, -0.25) is 4.79 Å². The summed E-state index contributed by atoms with van der Waals surface area (Å²) in [6.07, 6.45) is 0.892. The molecular formula is C26H37F3N2O5. The van der Waals surface area contributed by atoms with Gasteiger partial charge in [0.05, 0.1) is 0 Å². The van der Waals surface area contributed by atoms with Gasteiger partial charge in [-0.1, -0.05) is 18.2 Å². The van der Waals surface area contributed by atoms with Crippen LogP contribution < -0.4 is 10.1 Å². The zero-order chi connectivity index (χ0) is 26.3. The summed E-state index contributed by atoms with van der Waals surface area (Å²) < 4.78 is 43.9. The minimum Gasteiger partial charge on any atom is -0.487 e. The van der Waals surface area contributed by atoms with E-state index in [-0.39, 0.29) is 23.5 Å². The van der Waals surface area contributed by atoms with E-state index in [2.05, 4.69) is 28.4 Å². The minimum atomic E-state index is -5.08. The summed E-state index contributed by atoms with van der Waals surface area (Å²) in [6, 6.07) is 8.50. The molecule has 2 fully saturated rings. The van der Waals surface area contributed by atoms with Gasteiger partial charge in [-0.2, -0.15) is 13.2 Å². The summed E-state index contributed by atoms with van der Waals surface area (Å²) >= 11 is 0. The van der Waals surface area contributed by atoms with Crippen molar-refractivity contribution < 1.29 is 37.3 Å². The molecule has 3 heterocycles. The highest BCUT2D eigenvalue weighted by molar-refractivity contribution is 5.77. The van der Waals surface area contributed by atoms with Gasteiger partial charge in [0.25, 0.3) is 0 Å². The normalized spacial score (nSPS) is 22.2. The van der Waals surface area contributed by atoms with Crippen LogP contribution >= 0.6 is 0 Å². The number of fused-ring (bicyclic) bond motifs is 1. The van der Waals surface area contributed by atoms with Crippen LogP contribution in [0.15, 0.2) is 24.3 Å². The highest BCUT2D eigenvalue weighted by Crippen LogP contribution is 2.46. The monoisotopic (exact) mass is 514 g/mol. The third kappa shape index (κ3) is 8.09. The molecule has 1 spiro atoms. The molecule has 36 heavy (non-hydrogen) atoms. The number of nitrogens with zero attached hydrogens (tertiary/aromatic N) is 1. The van der Waals surface area contributed by atoms with Gasteiger partial charge in [-0.25, -0.2) is 4.79 Å². The Labute approximate surface area is 210 Å². The van der Waals surface area contributed by atoms with Crippen LogP contribution in [0.25, 0.3) is 0 Å². The molecule has 202 valence electrons. The smallest absolute Gasteiger partial charge is 0.487 e. The Morgan fingerprint density at radius 1 is 1.17 bits per heavy atom. The van der Waals surface area contributed by atoms with Crippen molar-refractivity contribution in [3.63, 3.8) is 0 Å². The van der Waals surface area contributed by atoms with Gasteiger partial charge in [0.1, 0.15) is 11.4 Å². The van der Waals surface area contributed by atoms with Gasteiger partial charge >= 0.3 is 12.1 Å². The molecule has 4 rings (SSSR count). The van der Waals surface area contributed by atoms with Crippen molar-refractivity contribution in [1.29, 1.82) is 0 Å². The summed E-state index contributed by atoms with van der Waals surface area (Å²) in [5.41, 5.74) is 1.07. The van der Waals surface area contributed by atoms with Gasteiger partial charge in [0.2, 0.25) is 5.91 Å². The first-order valence-corrected chi connectivity index (χ1v) is 12.6. The number of para-hydroxylation sites is 1. The molecule has 1 atom stereocenters. The van der Waals surface area contributed by atoms with E-state index in [4.69, 9.17) is 19.4 Å². The van der Waals surface area contributed by atoms with Crippen LogP contribution in [0.3, 0.4) is 0 Å². The lowest BCUT2D eigenvalue weighted by atomic mass is 9.76. The number of likely N-dealkylation sites (tertiary alicyclic amines) is 1. The number of rotatable bonds is 5. The number of carboxylic acids is 1. The number of carbonyl (C=O) groups excluding carboxylic acids is 1. The highest BCUT2D eigenvalue weighted by Gasteiger charge is 2.44. The topological polar surface area (TPSA) is 88.1 Å². The van der Waals surface area contributed by atoms with Crippen molar-refractivity contribution in [1.82, 2.24) is 10.2 Å². The van der Waals surface area contributed by atoms with Crippen LogP contribution in [0.4, 0.5) is 13.2 Å². The molecule has 3 aliphatic rings. The standard InChI is InChI=1S/C24H36N2O3.C2HF3O2/c1-18(2)25-23(27)15-20-16-24(29-22-6-4-3-5-21(20)22)9-11-26(12-10-24)17-19-7-13-28-14-8-19;3-2(4,5)1(6)7/h3-6,18-20H,7-17H2,1-2H3,(H,25,27);(H,6,7). The molecular weight excluding hydrogens is 477 g/mol. The van der Waals surface area contributed by atoms with Gasteiger partial charge < -0.3 is 24.8 Å². The lowest BCUT2D eigenvalue weighted by Gasteiger charge is -2.47. The summed E-state index contributed by atoms with van der Waals surface area (Å²) in [5.74, 6) is -0.612. The lowest BCUT2D eigenvalue weighted by Crippen LogP contribution is -2.51. The Kier molecular flexibility index (Phi) is 9.63. The molecule has 10 heteroatoms. The quantitative estimate of drug-likeness (QED) is 0.607. The third-order valence-electron chi connectivity index (χ3n) is 7.05. The number of benzene rings is 1. The van der Waals surface area contributed by atoms with Crippen LogP contribution in [0.2, 0.25) is 0 Å². The number of aliphatic carboxylic acids is 1. The number of amides is 1. The van der Waals surface area contributed by atoms with Gasteiger partial charge in [-0.05, 0) is 63.5 Å². The van der Waals surface area contributed by atoms with Crippen LogP contribution in [-0.2, 0) is 14.3 Å². The summed E-state index contributed by atoms with van der Waals surface area (Å²) in [7, 11) is 0. The van der Waals surface area contributed by atoms with Crippen LogP contribution in [0.1, 0.15) is 63.9 Å². The van der Waals surface area contributed by atoms with E-state index in [1.165, 1.54) is 24.9 Å². The fraction of sp³-hybridized carbons (Fsp3) is 0.692. The van der Waals surface area contributed by atoms with E-state index < -0.39 is 12.1 Å². The SMILES string of the molecule is CC(C)NC(=O)CC1CC2(CCN(CC3CCOCC3)CC2)Oc2ccccc21.O=C(O)C(F)(F)F. The van der Waals surface area contributed by atoms with Gasteiger partial charge in [-0.15, -0.1) is 0 Å². The summed E-state index contributed by atoms with van der Waals surface area (Å²) in [5, 5.41) is 10.2. The Bertz CT molecular complexity index is 879. The largest absolute Gasteiger partial charge is 0.490 e. The number of carboxylic acid groups (broad SMARTS) is 1. The van der Waals surface area contributed by atoms with Gasteiger partial charge in [0, 0.05) is 51.2 Å². The Morgan fingerprint density at radius 2 is 1.78 bits per heavy atom. The number of ether oxygens (including phenoxy) is 2. The predicted octanol–water partition coefficient (Wildman–Crippen LogP) is 4.36. The number of carbonyl (C=O) groups is 2. The number of halogens is 3. The second kappa shape index (κ2) is 12.3. The molecule has 0 aromatic heterocycles. The average Bonchev–Trinajstić information content (AvgIpc) is 2.81. The molecule has 2 saturated heterocycles. The summed E-state index contributed by atoms with van der Waals surface area (Å²) in [4.78, 5) is 24.0. The van der Waals surface area contributed by atoms with E-state index >= 15 is 0 Å². The van der Waals surface area contributed by atoms with E-state index in [0.717, 1.165) is 57.2 Å². The zero-order valence-electron chi connectivity index (χ0n) is 21.0. The van der Waals surface area contributed by atoms with Crippen LogP contribution in [0, 0.1) is 5.92 Å². The van der Waals surface area contributed by atoms with E-state index in [1.54, 1.807) is 0 Å². The van der Waals surface area contributed by atoms with Crippen molar-refractivity contribution in [3.8, 4) is 5.75 Å². The minimum absolute atomic E-state index is 0.122. The first-order chi connectivity index (χ1) is 17.0. The van der Waals surface area contributed by atoms with Crippen LogP contribution in [-0.4, -0.2) is 72.6 Å². The Balaban J connectivity index is 0.000000454. The lowest BCUT2D eigenvalue weighted by molar-refractivity contribution is -0.192. The maximum atomic E-state index is 12.5. The molecule has 1 amide bonds. The first-order valence-electron chi connectivity index (χ1n) is 12.6. The second-order valence-corrected chi connectivity index (χ2v) is 10.3. The highest BCUT2D eigenvalue weighted by atomic mass is 19.4. The van der Waals surface area contributed by atoms with E-state index in [1.807, 2.05) is 19.9 Å². The molecule has 2 N–H and O–H groups in total. The number of alkyl halides is 3. The summed E-state index contributed by atoms with van der Waals surface area (Å²) in [6.45, 7) is 9.24. The van der Waals surface area contributed by atoms with E-state index in [0.29, 0.717) is 6.42 Å². The molecule has 0 saturated carbocycles.